The molecule has 0 heterocycles. The number of hydrogen-bond donors (Lipinski definition) is 0. The van der Waals surface area contributed by atoms with Gasteiger partial charge in [0, 0.05) is 11.4 Å². The molecule has 3 rings (SSSR count). The van der Waals surface area contributed by atoms with E-state index in [2.05, 4.69) is 125 Å². The van der Waals surface area contributed by atoms with Crippen LogP contribution in [0.15, 0.2) is 78.9 Å². The van der Waals surface area contributed by atoms with Crippen LogP contribution in [0.1, 0.15) is 57.7 Å². The van der Waals surface area contributed by atoms with Gasteiger partial charge < -0.3 is 4.90 Å². The monoisotopic (exact) mass is 371 g/mol. The summed E-state index contributed by atoms with van der Waals surface area (Å²) in [6, 6.07) is 28.8. The van der Waals surface area contributed by atoms with Crippen LogP contribution >= 0.6 is 0 Å². The molecular weight excluding hydrogens is 338 g/mol. The Balaban J connectivity index is 2.15. The largest absolute Gasteiger partial charge is 0.331 e. The molecule has 0 radical (unpaired) electrons. The normalized spacial score (nSPS) is 13.8. The molecule has 146 valence electrons. The first kappa shape index (κ1) is 20.2. The fraction of sp³-hybridized carbons (Fsp3) is 0.333. The van der Waals surface area contributed by atoms with Gasteiger partial charge in [-0.3, -0.25) is 0 Å². The molecule has 1 atom stereocenters. The Morgan fingerprint density at radius 1 is 0.643 bits per heavy atom. The third-order valence-corrected chi connectivity index (χ3v) is 5.86. The topological polar surface area (TPSA) is 3.24 Å². The Morgan fingerprint density at radius 3 is 1.64 bits per heavy atom. The number of anilines is 2. The van der Waals surface area contributed by atoms with Gasteiger partial charge in [0.1, 0.15) is 0 Å². The molecular formula is C27H33N. The van der Waals surface area contributed by atoms with Gasteiger partial charge in [-0.15, -0.1) is 0 Å². The van der Waals surface area contributed by atoms with Crippen LogP contribution in [0.3, 0.4) is 0 Å². The average Bonchev–Trinajstić information content (AvgIpc) is 2.69. The van der Waals surface area contributed by atoms with Gasteiger partial charge in [-0.25, -0.2) is 0 Å². The number of nitrogens with zero attached hydrogens (tertiary/aromatic N) is 1. The molecule has 3 aromatic carbocycles. The Labute approximate surface area is 171 Å². The van der Waals surface area contributed by atoms with E-state index in [4.69, 9.17) is 0 Å². The molecule has 0 aromatic heterocycles. The van der Waals surface area contributed by atoms with Crippen molar-refractivity contribution in [2.45, 2.75) is 58.9 Å². The van der Waals surface area contributed by atoms with Gasteiger partial charge in [0.15, 0.2) is 0 Å². The second kappa shape index (κ2) is 7.83. The van der Waals surface area contributed by atoms with Crippen LogP contribution in [-0.2, 0) is 11.0 Å². The Kier molecular flexibility index (Phi) is 5.65. The molecule has 1 heteroatoms. The maximum atomic E-state index is 2.49. The van der Waals surface area contributed by atoms with Crippen LogP contribution in [0.4, 0.5) is 11.4 Å². The second-order valence-corrected chi connectivity index (χ2v) is 8.96. The molecule has 1 unspecified atom stereocenters. The van der Waals surface area contributed by atoms with Crippen LogP contribution in [0.2, 0.25) is 0 Å². The first-order chi connectivity index (χ1) is 13.3. The zero-order valence-corrected chi connectivity index (χ0v) is 18.2. The number of para-hydroxylation sites is 1. The molecule has 1 nitrogen and oxygen atoms in total. The van der Waals surface area contributed by atoms with Crippen molar-refractivity contribution >= 4 is 11.4 Å². The summed E-state index contributed by atoms with van der Waals surface area (Å²) in [5.41, 5.74) is 6.45. The van der Waals surface area contributed by atoms with Crippen LogP contribution in [0.25, 0.3) is 0 Å². The van der Waals surface area contributed by atoms with Crippen molar-refractivity contribution in [1.29, 1.82) is 0 Å². The van der Waals surface area contributed by atoms with E-state index in [1.807, 2.05) is 0 Å². The summed E-state index contributed by atoms with van der Waals surface area (Å²) in [7, 11) is 0. The smallest absolute Gasteiger partial charge is 0.0671 e. The Morgan fingerprint density at radius 2 is 1.14 bits per heavy atom. The standard InChI is InChI=1S/C27H33N/c1-7-27(6,23-15-13-21(2)14-16-23)28(24-11-9-8-10-12-24)25-19-17-22(18-20-25)26(3,4)5/h8-20H,7H2,1-6H3. The molecule has 0 spiro atoms. The van der Waals surface area contributed by atoms with Crippen LogP contribution in [-0.4, -0.2) is 0 Å². The van der Waals surface area contributed by atoms with E-state index in [9.17, 15) is 0 Å². The summed E-state index contributed by atoms with van der Waals surface area (Å²) in [4.78, 5) is 2.49. The molecule has 0 bridgehead atoms. The summed E-state index contributed by atoms with van der Waals surface area (Å²) in [5.74, 6) is 0. The maximum absolute atomic E-state index is 2.49. The van der Waals surface area contributed by atoms with Gasteiger partial charge in [0.2, 0.25) is 0 Å². The summed E-state index contributed by atoms with van der Waals surface area (Å²) in [5, 5.41) is 0. The second-order valence-electron chi connectivity index (χ2n) is 8.96. The highest BCUT2D eigenvalue weighted by Gasteiger charge is 2.33. The third-order valence-electron chi connectivity index (χ3n) is 5.86. The van der Waals surface area contributed by atoms with Crippen molar-refractivity contribution in [2.24, 2.45) is 0 Å². The summed E-state index contributed by atoms with van der Waals surface area (Å²) in [6.45, 7) is 13.6. The molecule has 0 N–H and O–H groups in total. The minimum absolute atomic E-state index is 0.141. The summed E-state index contributed by atoms with van der Waals surface area (Å²) < 4.78 is 0. The van der Waals surface area contributed by atoms with Crippen molar-refractivity contribution in [3.05, 3.63) is 95.6 Å². The highest BCUT2D eigenvalue weighted by molar-refractivity contribution is 5.67. The molecule has 28 heavy (non-hydrogen) atoms. The van der Waals surface area contributed by atoms with Gasteiger partial charge >= 0.3 is 0 Å². The van der Waals surface area contributed by atoms with Crippen molar-refractivity contribution in [2.75, 3.05) is 4.90 Å². The van der Waals surface area contributed by atoms with E-state index in [0.29, 0.717) is 0 Å². The van der Waals surface area contributed by atoms with Gasteiger partial charge in [-0.05, 0) is 61.1 Å². The number of hydrogen-bond acceptors (Lipinski definition) is 1. The molecule has 3 aromatic rings. The first-order valence-corrected chi connectivity index (χ1v) is 10.3. The van der Waals surface area contributed by atoms with E-state index >= 15 is 0 Å². The van der Waals surface area contributed by atoms with E-state index in [-0.39, 0.29) is 11.0 Å². The molecule has 0 aliphatic rings. The Bertz CT molecular complexity index is 886. The number of aryl methyl sites for hydroxylation is 1. The zero-order valence-electron chi connectivity index (χ0n) is 18.2. The summed E-state index contributed by atoms with van der Waals surface area (Å²) >= 11 is 0. The average molecular weight is 372 g/mol. The predicted molar refractivity (Wildman–Crippen MR) is 123 cm³/mol. The van der Waals surface area contributed by atoms with Gasteiger partial charge in [-0.2, -0.15) is 0 Å². The minimum Gasteiger partial charge on any atom is -0.331 e. The predicted octanol–water partition coefficient (Wildman–Crippen LogP) is 7.76. The van der Waals surface area contributed by atoms with Crippen LogP contribution in [0, 0.1) is 6.92 Å². The van der Waals surface area contributed by atoms with E-state index in [1.54, 1.807) is 0 Å². The molecule has 0 saturated carbocycles. The number of rotatable bonds is 5. The fourth-order valence-electron chi connectivity index (χ4n) is 3.81. The van der Waals surface area contributed by atoms with Gasteiger partial charge in [0.05, 0.1) is 5.54 Å². The van der Waals surface area contributed by atoms with Crippen molar-refractivity contribution in [1.82, 2.24) is 0 Å². The van der Waals surface area contributed by atoms with Crippen LogP contribution in [0.5, 0.6) is 0 Å². The summed E-state index contributed by atoms with van der Waals surface area (Å²) in [6.07, 6.45) is 1.01. The van der Waals surface area contributed by atoms with E-state index in [1.165, 1.54) is 28.1 Å². The lowest BCUT2D eigenvalue weighted by molar-refractivity contribution is 0.463. The molecule has 0 saturated heterocycles. The van der Waals surface area contributed by atoms with Crippen molar-refractivity contribution < 1.29 is 0 Å². The first-order valence-electron chi connectivity index (χ1n) is 10.3. The zero-order chi connectivity index (χ0) is 20.4. The fourth-order valence-corrected chi connectivity index (χ4v) is 3.81. The molecule has 0 aliphatic carbocycles. The third kappa shape index (κ3) is 3.99. The maximum Gasteiger partial charge on any atom is 0.0671 e. The van der Waals surface area contributed by atoms with Crippen LogP contribution < -0.4 is 4.90 Å². The van der Waals surface area contributed by atoms with E-state index in [0.717, 1.165) is 6.42 Å². The highest BCUT2D eigenvalue weighted by atomic mass is 15.2. The highest BCUT2D eigenvalue weighted by Crippen LogP contribution is 2.42. The van der Waals surface area contributed by atoms with Crippen molar-refractivity contribution in [3.8, 4) is 0 Å². The SMILES string of the molecule is CCC(C)(c1ccc(C)cc1)N(c1ccccc1)c1ccc(C(C)(C)C)cc1. The number of benzene rings is 3. The lowest BCUT2D eigenvalue weighted by Gasteiger charge is -2.43. The quantitative estimate of drug-likeness (QED) is 0.443. The molecule has 0 fully saturated rings. The molecule has 0 amide bonds. The van der Waals surface area contributed by atoms with Gasteiger partial charge in [-0.1, -0.05) is 87.9 Å². The molecule has 0 aliphatic heterocycles. The Hall–Kier alpha value is -2.54. The minimum atomic E-state index is -0.141. The van der Waals surface area contributed by atoms with Crippen molar-refractivity contribution in [3.63, 3.8) is 0 Å². The lowest BCUT2D eigenvalue weighted by atomic mass is 9.84. The lowest BCUT2D eigenvalue weighted by Crippen LogP contribution is -2.40. The van der Waals surface area contributed by atoms with Gasteiger partial charge in [0.25, 0.3) is 0 Å². The van der Waals surface area contributed by atoms with E-state index < -0.39 is 0 Å².